The van der Waals surface area contributed by atoms with Crippen molar-refractivity contribution in [3.8, 4) is 0 Å². The van der Waals surface area contributed by atoms with Gasteiger partial charge < -0.3 is 10.6 Å². The topological polar surface area (TPSA) is 95.5 Å². The molecule has 2 aromatic rings. The highest BCUT2D eigenvalue weighted by molar-refractivity contribution is 7.89. The summed E-state index contributed by atoms with van der Waals surface area (Å²) < 4.78 is 27.0. The van der Waals surface area contributed by atoms with Crippen molar-refractivity contribution in [3.63, 3.8) is 0 Å². The summed E-state index contributed by atoms with van der Waals surface area (Å²) in [6.45, 7) is 3.24. The monoisotopic (exact) mass is 409 g/mol. The normalized spacial score (nSPS) is 12.0. The van der Waals surface area contributed by atoms with Gasteiger partial charge in [0, 0.05) is 32.9 Å². The predicted octanol–water partition coefficient (Wildman–Crippen LogP) is 1.73. The van der Waals surface area contributed by atoms with E-state index in [2.05, 4.69) is 25.3 Å². The lowest BCUT2D eigenvalue weighted by Crippen LogP contribution is -2.42. The predicted molar refractivity (Wildman–Crippen MR) is 109 cm³/mol. The van der Waals surface area contributed by atoms with Gasteiger partial charge >= 0.3 is 0 Å². The number of hydrogen-bond acceptors (Lipinski definition) is 4. The van der Waals surface area contributed by atoms with Crippen molar-refractivity contribution in [1.82, 2.24) is 20.3 Å². The van der Waals surface area contributed by atoms with Crippen LogP contribution >= 0.6 is 11.6 Å². The number of halogens is 1. The van der Waals surface area contributed by atoms with E-state index >= 15 is 0 Å². The third-order valence-corrected chi connectivity index (χ3v) is 5.46. The molecule has 1 heterocycles. The molecule has 0 unspecified atom stereocenters. The Hall–Kier alpha value is -2.16. The van der Waals surface area contributed by atoms with Crippen LogP contribution in [0.4, 0.5) is 0 Å². The lowest BCUT2D eigenvalue weighted by Gasteiger charge is -2.12. The first kappa shape index (κ1) is 21.1. The van der Waals surface area contributed by atoms with Crippen LogP contribution in [0, 0.1) is 6.92 Å². The molecule has 0 amide bonds. The Bertz CT molecular complexity index is 852. The van der Waals surface area contributed by atoms with Crippen LogP contribution in [0.15, 0.2) is 52.5 Å². The van der Waals surface area contributed by atoms with Crippen LogP contribution in [0.3, 0.4) is 0 Å². The zero-order valence-corrected chi connectivity index (χ0v) is 16.9. The van der Waals surface area contributed by atoms with E-state index < -0.39 is 10.0 Å². The largest absolute Gasteiger partial charge is 0.356 e. The highest BCUT2D eigenvalue weighted by Crippen LogP contribution is 2.09. The summed E-state index contributed by atoms with van der Waals surface area (Å²) in [7, 11) is -1.84. The molecule has 3 N–H and O–H groups in total. The molecule has 146 valence electrons. The first-order valence-electron chi connectivity index (χ1n) is 8.52. The minimum Gasteiger partial charge on any atom is -0.356 e. The van der Waals surface area contributed by atoms with Crippen LogP contribution in [-0.4, -0.2) is 46.0 Å². The number of nitrogens with zero attached hydrogens (tertiary/aromatic N) is 2. The van der Waals surface area contributed by atoms with Crippen LogP contribution in [0.25, 0.3) is 0 Å². The van der Waals surface area contributed by atoms with Gasteiger partial charge in [0.1, 0.15) is 5.15 Å². The zero-order valence-electron chi connectivity index (χ0n) is 15.4. The molecule has 7 nitrogen and oxygen atoms in total. The molecule has 0 aliphatic heterocycles. The van der Waals surface area contributed by atoms with E-state index in [-0.39, 0.29) is 11.4 Å². The molecule has 0 fully saturated rings. The summed E-state index contributed by atoms with van der Waals surface area (Å²) in [5.41, 5.74) is 2.08. The van der Waals surface area contributed by atoms with Gasteiger partial charge in [-0.25, -0.2) is 18.1 Å². The summed E-state index contributed by atoms with van der Waals surface area (Å²) in [4.78, 5) is 8.41. The van der Waals surface area contributed by atoms with E-state index in [0.717, 1.165) is 17.5 Å². The van der Waals surface area contributed by atoms with Crippen molar-refractivity contribution in [3.05, 3.63) is 58.9 Å². The maximum Gasteiger partial charge on any atom is 0.240 e. The number of rotatable bonds is 8. The standard InChI is InChI=1S/C18H24ClN5O2S/c1-14-3-6-16(7-4-14)27(25,26)24-12-11-22-18(20-2)21-10-9-15-5-8-17(19)23-13-15/h3-8,13,24H,9-12H2,1-2H3,(H2,20,21,22). The van der Waals surface area contributed by atoms with Crippen molar-refractivity contribution in [2.45, 2.75) is 18.2 Å². The van der Waals surface area contributed by atoms with E-state index in [1.807, 2.05) is 13.0 Å². The average Bonchev–Trinajstić information content (AvgIpc) is 2.65. The third-order valence-electron chi connectivity index (χ3n) is 3.76. The fourth-order valence-corrected chi connectivity index (χ4v) is 3.41. The summed E-state index contributed by atoms with van der Waals surface area (Å²) in [5.74, 6) is 0.603. The van der Waals surface area contributed by atoms with Crippen molar-refractivity contribution < 1.29 is 8.42 Å². The van der Waals surface area contributed by atoms with Crippen molar-refractivity contribution in [2.75, 3.05) is 26.7 Å². The first-order valence-corrected chi connectivity index (χ1v) is 10.4. The van der Waals surface area contributed by atoms with Crippen LogP contribution < -0.4 is 15.4 Å². The minimum atomic E-state index is -3.51. The molecule has 0 spiro atoms. The summed E-state index contributed by atoms with van der Waals surface area (Å²) in [5, 5.41) is 6.71. The molecule has 0 aliphatic carbocycles. The molecule has 1 aromatic heterocycles. The first-order chi connectivity index (χ1) is 12.9. The van der Waals surface area contributed by atoms with Crippen LogP contribution in [0.1, 0.15) is 11.1 Å². The van der Waals surface area contributed by atoms with Gasteiger partial charge in [-0.05, 0) is 37.1 Å². The van der Waals surface area contributed by atoms with Gasteiger partial charge in [0.05, 0.1) is 4.90 Å². The van der Waals surface area contributed by atoms with Gasteiger partial charge in [0.25, 0.3) is 0 Å². The SMILES string of the molecule is CN=C(NCCNS(=O)(=O)c1ccc(C)cc1)NCCc1ccc(Cl)nc1. The van der Waals surface area contributed by atoms with Gasteiger partial charge in [-0.2, -0.15) is 0 Å². The van der Waals surface area contributed by atoms with Crippen molar-refractivity contribution in [2.24, 2.45) is 4.99 Å². The Labute approximate surface area is 165 Å². The Morgan fingerprint density at radius 2 is 1.78 bits per heavy atom. The van der Waals surface area contributed by atoms with Gasteiger partial charge in [0.15, 0.2) is 5.96 Å². The van der Waals surface area contributed by atoms with E-state index in [1.165, 1.54) is 0 Å². The second kappa shape index (κ2) is 10.2. The fraction of sp³-hybridized carbons (Fsp3) is 0.333. The molecule has 0 atom stereocenters. The number of aryl methyl sites for hydroxylation is 1. The number of nitrogens with one attached hydrogen (secondary N) is 3. The molecule has 2 rings (SSSR count). The van der Waals surface area contributed by atoms with Crippen LogP contribution in [0.2, 0.25) is 5.15 Å². The minimum absolute atomic E-state index is 0.248. The molecule has 9 heteroatoms. The Morgan fingerprint density at radius 1 is 1.07 bits per heavy atom. The molecule has 0 saturated heterocycles. The lowest BCUT2D eigenvalue weighted by atomic mass is 10.2. The highest BCUT2D eigenvalue weighted by atomic mass is 35.5. The van der Waals surface area contributed by atoms with E-state index in [1.54, 1.807) is 43.6 Å². The second-order valence-corrected chi connectivity index (χ2v) is 8.03. The quantitative estimate of drug-likeness (QED) is 0.267. The highest BCUT2D eigenvalue weighted by Gasteiger charge is 2.12. The number of guanidine groups is 1. The third kappa shape index (κ3) is 7.16. The average molecular weight is 410 g/mol. The molecular weight excluding hydrogens is 386 g/mol. The number of aromatic nitrogens is 1. The van der Waals surface area contributed by atoms with Crippen LogP contribution in [0.5, 0.6) is 0 Å². The van der Waals surface area contributed by atoms with E-state index in [4.69, 9.17) is 11.6 Å². The summed E-state index contributed by atoms with van der Waals surface area (Å²) in [6.07, 6.45) is 2.50. The zero-order chi connectivity index (χ0) is 19.7. The lowest BCUT2D eigenvalue weighted by molar-refractivity contribution is 0.580. The maximum absolute atomic E-state index is 12.2. The van der Waals surface area contributed by atoms with E-state index in [9.17, 15) is 8.42 Å². The van der Waals surface area contributed by atoms with Crippen LogP contribution in [-0.2, 0) is 16.4 Å². The number of aliphatic imine (C=N–C) groups is 1. The maximum atomic E-state index is 12.2. The molecular formula is C18H24ClN5O2S. The number of hydrogen-bond donors (Lipinski definition) is 3. The van der Waals surface area contributed by atoms with Gasteiger partial charge in [-0.3, -0.25) is 4.99 Å². The molecule has 27 heavy (non-hydrogen) atoms. The molecule has 0 radical (unpaired) electrons. The summed E-state index contributed by atoms with van der Waals surface area (Å²) >= 11 is 5.76. The van der Waals surface area contributed by atoms with Crippen molar-refractivity contribution in [1.29, 1.82) is 0 Å². The molecule has 0 saturated carbocycles. The molecule has 0 bridgehead atoms. The Morgan fingerprint density at radius 3 is 2.41 bits per heavy atom. The van der Waals surface area contributed by atoms with E-state index in [0.29, 0.717) is 24.2 Å². The number of pyridine rings is 1. The summed E-state index contributed by atoms with van der Waals surface area (Å²) in [6, 6.07) is 10.4. The van der Waals surface area contributed by atoms with Gasteiger partial charge in [0.2, 0.25) is 10.0 Å². The Kier molecular flexibility index (Phi) is 8.02. The fourth-order valence-electron chi connectivity index (χ4n) is 2.27. The number of benzene rings is 1. The molecule has 1 aromatic carbocycles. The second-order valence-electron chi connectivity index (χ2n) is 5.88. The van der Waals surface area contributed by atoms with Gasteiger partial charge in [-0.15, -0.1) is 0 Å². The Balaban J connectivity index is 1.71. The van der Waals surface area contributed by atoms with Crippen molar-refractivity contribution >= 4 is 27.6 Å². The smallest absolute Gasteiger partial charge is 0.240 e. The molecule has 0 aliphatic rings. The number of sulfonamides is 1. The van der Waals surface area contributed by atoms with Gasteiger partial charge in [-0.1, -0.05) is 35.4 Å².